The number of aryl methyl sites for hydroxylation is 1. The van der Waals surface area contributed by atoms with Crippen LogP contribution in [0.4, 0.5) is 5.82 Å². The summed E-state index contributed by atoms with van der Waals surface area (Å²) in [4.78, 5) is 24.7. The van der Waals surface area contributed by atoms with Gasteiger partial charge in [0.05, 0.1) is 0 Å². The number of halogens is 1. The number of nitrogens with zero attached hydrogens (tertiary/aromatic N) is 1. The Morgan fingerprint density at radius 1 is 1.30 bits per heavy atom. The molecule has 1 aromatic heterocycles. The van der Waals surface area contributed by atoms with Crippen molar-refractivity contribution in [3.05, 3.63) is 46.7 Å². The highest BCUT2D eigenvalue weighted by Gasteiger charge is 2.56. The van der Waals surface area contributed by atoms with Crippen LogP contribution in [0.15, 0.2) is 34.9 Å². The average Bonchev–Trinajstić information content (AvgIpc) is 3.25. The monoisotopic (exact) mass is 333 g/mol. The first-order chi connectivity index (χ1) is 11.0. The minimum atomic E-state index is -1.02. The number of nitrogens with one attached hydrogen (secondary N) is 2. The van der Waals surface area contributed by atoms with Crippen LogP contribution in [0.2, 0.25) is 5.02 Å². The fraction of sp³-hybridized carbons (Fsp3) is 0.312. The molecule has 0 bridgehead atoms. The van der Waals surface area contributed by atoms with Gasteiger partial charge >= 0.3 is 0 Å². The fourth-order valence-corrected chi connectivity index (χ4v) is 2.53. The smallest absolute Gasteiger partial charge is 0.241 e. The van der Waals surface area contributed by atoms with E-state index in [9.17, 15) is 9.59 Å². The Kier molecular flexibility index (Phi) is 4.09. The lowest BCUT2D eigenvalue weighted by atomic mass is 10.0. The van der Waals surface area contributed by atoms with Crippen LogP contribution in [-0.2, 0) is 16.1 Å². The molecule has 0 spiro atoms. The second kappa shape index (κ2) is 6.04. The minimum absolute atomic E-state index is 0.288. The number of aromatic nitrogens is 1. The third kappa shape index (κ3) is 3.22. The topological polar surface area (TPSA) is 84.2 Å². The first kappa shape index (κ1) is 15.6. The number of rotatable bonds is 5. The molecule has 0 atom stereocenters. The maximum absolute atomic E-state index is 12.4. The zero-order valence-corrected chi connectivity index (χ0v) is 13.3. The van der Waals surface area contributed by atoms with E-state index in [-0.39, 0.29) is 18.4 Å². The molecule has 1 aromatic carbocycles. The largest absolute Gasteiger partial charge is 0.360 e. The summed E-state index contributed by atoms with van der Waals surface area (Å²) in [6.45, 7) is 2.02. The third-order valence-electron chi connectivity index (χ3n) is 3.89. The van der Waals surface area contributed by atoms with Gasteiger partial charge in [-0.15, -0.1) is 0 Å². The van der Waals surface area contributed by atoms with Gasteiger partial charge in [-0.25, -0.2) is 0 Å². The Bertz CT molecular complexity index is 753. The highest BCUT2D eigenvalue weighted by atomic mass is 35.5. The van der Waals surface area contributed by atoms with Gasteiger partial charge in [-0.2, -0.15) is 0 Å². The van der Waals surface area contributed by atoms with Crippen molar-refractivity contribution in [2.24, 2.45) is 5.41 Å². The van der Waals surface area contributed by atoms with Gasteiger partial charge in [0.25, 0.3) is 0 Å². The molecule has 0 unspecified atom stereocenters. The van der Waals surface area contributed by atoms with Crippen LogP contribution in [-0.4, -0.2) is 17.0 Å². The molecular weight excluding hydrogens is 318 g/mol. The van der Waals surface area contributed by atoms with Crippen molar-refractivity contribution in [2.45, 2.75) is 26.3 Å². The van der Waals surface area contributed by atoms with Crippen molar-refractivity contribution in [1.29, 1.82) is 0 Å². The molecule has 1 saturated carbocycles. The molecule has 1 fully saturated rings. The maximum atomic E-state index is 12.4. The molecule has 6 nitrogen and oxygen atoms in total. The summed E-state index contributed by atoms with van der Waals surface area (Å²) in [5.74, 6) is 0.253. The summed E-state index contributed by atoms with van der Waals surface area (Å²) in [5.41, 5.74) is -0.209. The van der Waals surface area contributed by atoms with Crippen molar-refractivity contribution in [3.8, 4) is 0 Å². The molecule has 2 aromatic rings. The van der Waals surface area contributed by atoms with E-state index in [1.165, 1.54) is 0 Å². The van der Waals surface area contributed by atoms with Crippen molar-refractivity contribution in [2.75, 3.05) is 5.32 Å². The third-order valence-corrected chi connectivity index (χ3v) is 4.25. The SMILES string of the molecule is Cc1cc(NC(=O)C2(C(=O)NCc3ccccc3Cl)CC2)no1. The van der Waals surface area contributed by atoms with Gasteiger partial charge in [0, 0.05) is 17.6 Å². The zero-order chi connectivity index (χ0) is 16.4. The molecule has 0 saturated heterocycles. The van der Waals surface area contributed by atoms with Crippen LogP contribution < -0.4 is 10.6 Å². The molecule has 23 heavy (non-hydrogen) atoms. The summed E-state index contributed by atoms with van der Waals surface area (Å²) in [6, 6.07) is 8.87. The number of hydrogen-bond donors (Lipinski definition) is 2. The number of amides is 2. The molecule has 1 heterocycles. The van der Waals surface area contributed by atoms with Gasteiger partial charge in [-0.3, -0.25) is 9.59 Å². The van der Waals surface area contributed by atoms with E-state index in [4.69, 9.17) is 16.1 Å². The maximum Gasteiger partial charge on any atom is 0.241 e. The Morgan fingerprint density at radius 3 is 2.65 bits per heavy atom. The van der Waals surface area contributed by atoms with Crippen LogP contribution >= 0.6 is 11.6 Å². The predicted molar refractivity (Wildman–Crippen MR) is 84.8 cm³/mol. The van der Waals surface area contributed by atoms with Crippen LogP contribution in [0, 0.1) is 12.3 Å². The van der Waals surface area contributed by atoms with E-state index in [1.54, 1.807) is 19.1 Å². The lowest BCUT2D eigenvalue weighted by molar-refractivity contribution is -0.134. The number of carbonyl (C=O) groups is 2. The first-order valence-electron chi connectivity index (χ1n) is 7.28. The van der Waals surface area contributed by atoms with Crippen LogP contribution in [0.3, 0.4) is 0 Å². The van der Waals surface area contributed by atoms with E-state index in [0.29, 0.717) is 29.4 Å². The molecule has 1 aliphatic carbocycles. The number of hydrogen-bond acceptors (Lipinski definition) is 4. The number of benzene rings is 1. The standard InChI is InChI=1S/C16H16ClN3O3/c1-10-8-13(20-23-10)19-15(22)16(6-7-16)14(21)18-9-11-4-2-3-5-12(11)17/h2-5,8H,6-7,9H2,1H3,(H,18,21)(H,19,20,22). The Labute approximate surface area is 138 Å². The normalized spacial score (nSPS) is 15.0. The van der Waals surface area contributed by atoms with E-state index >= 15 is 0 Å². The molecule has 1 aliphatic rings. The molecule has 2 amide bonds. The average molecular weight is 334 g/mol. The minimum Gasteiger partial charge on any atom is -0.360 e. The number of carbonyl (C=O) groups excluding carboxylic acids is 2. The van der Waals surface area contributed by atoms with E-state index < -0.39 is 5.41 Å². The lowest BCUT2D eigenvalue weighted by Crippen LogP contribution is -2.39. The Morgan fingerprint density at radius 2 is 2.04 bits per heavy atom. The second-order valence-electron chi connectivity index (χ2n) is 5.63. The molecule has 2 N–H and O–H groups in total. The highest BCUT2D eigenvalue weighted by molar-refractivity contribution is 6.31. The van der Waals surface area contributed by atoms with Gasteiger partial charge in [-0.05, 0) is 31.4 Å². The fourth-order valence-electron chi connectivity index (χ4n) is 2.33. The summed E-state index contributed by atoms with van der Waals surface area (Å²) >= 11 is 6.06. The van der Waals surface area contributed by atoms with Crippen molar-refractivity contribution >= 4 is 29.2 Å². The summed E-state index contributed by atoms with van der Waals surface area (Å²) in [5, 5.41) is 9.70. The summed E-state index contributed by atoms with van der Waals surface area (Å²) in [7, 11) is 0. The van der Waals surface area contributed by atoms with E-state index in [1.807, 2.05) is 18.2 Å². The quantitative estimate of drug-likeness (QED) is 0.824. The molecular formula is C16H16ClN3O3. The van der Waals surface area contributed by atoms with Crippen LogP contribution in [0.1, 0.15) is 24.2 Å². The van der Waals surface area contributed by atoms with Gasteiger partial charge in [0.1, 0.15) is 11.2 Å². The van der Waals surface area contributed by atoms with Crippen molar-refractivity contribution in [1.82, 2.24) is 10.5 Å². The molecule has 0 radical (unpaired) electrons. The second-order valence-corrected chi connectivity index (χ2v) is 6.04. The van der Waals surface area contributed by atoms with Crippen LogP contribution in [0.25, 0.3) is 0 Å². The molecule has 7 heteroatoms. The van der Waals surface area contributed by atoms with Gasteiger partial charge in [0.2, 0.25) is 11.8 Å². The van der Waals surface area contributed by atoms with Crippen molar-refractivity contribution < 1.29 is 14.1 Å². The molecule has 0 aliphatic heterocycles. The Hall–Kier alpha value is -2.34. The summed E-state index contributed by atoms with van der Waals surface area (Å²) < 4.78 is 4.90. The first-order valence-corrected chi connectivity index (χ1v) is 7.65. The zero-order valence-electron chi connectivity index (χ0n) is 12.6. The highest BCUT2D eigenvalue weighted by Crippen LogP contribution is 2.46. The predicted octanol–water partition coefficient (Wildman–Crippen LogP) is 2.67. The van der Waals surface area contributed by atoms with Gasteiger partial charge < -0.3 is 15.2 Å². The molecule has 3 rings (SSSR count). The number of anilines is 1. The van der Waals surface area contributed by atoms with E-state index in [0.717, 1.165) is 5.56 Å². The Balaban J connectivity index is 1.62. The van der Waals surface area contributed by atoms with Crippen LogP contribution in [0.5, 0.6) is 0 Å². The lowest BCUT2D eigenvalue weighted by Gasteiger charge is -2.14. The van der Waals surface area contributed by atoms with Gasteiger partial charge in [-0.1, -0.05) is 35.0 Å². The van der Waals surface area contributed by atoms with Crippen molar-refractivity contribution in [3.63, 3.8) is 0 Å². The van der Waals surface area contributed by atoms with E-state index in [2.05, 4.69) is 15.8 Å². The summed E-state index contributed by atoms with van der Waals surface area (Å²) in [6.07, 6.45) is 1.04. The van der Waals surface area contributed by atoms with Gasteiger partial charge in [0.15, 0.2) is 5.82 Å². The molecule has 120 valence electrons.